The normalized spacial score (nSPS) is 19.1. The molecule has 0 fully saturated rings. The molecule has 126 valence electrons. The fraction of sp³-hybridized carbons (Fsp3) is 0.412. The van der Waals surface area contributed by atoms with Crippen molar-refractivity contribution >= 4 is 22.6 Å². The van der Waals surface area contributed by atoms with Crippen LogP contribution in [0.3, 0.4) is 0 Å². The molecule has 0 amide bonds. The van der Waals surface area contributed by atoms with Crippen molar-refractivity contribution in [3.8, 4) is 0 Å². The maximum absolute atomic E-state index is 13.6. The maximum Gasteiger partial charge on any atom is 0.270 e. The summed E-state index contributed by atoms with van der Waals surface area (Å²) in [6.45, 7) is 2.72. The van der Waals surface area contributed by atoms with Crippen LogP contribution in [0, 0.1) is 5.92 Å². The van der Waals surface area contributed by atoms with Crippen LogP contribution in [0.25, 0.3) is 0 Å². The molecule has 1 atom stereocenters. The summed E-state index contributed by atoms with van der Waals surface area (Å²) in [5.41, 5.74) is 1.17. The Kier molecular flexibility index (Phi) is 5.80. The van der Waals surface area contributed by atoms with E-state index in [1.54, 1.807) is 24.3 Å². The fourth-order valence-corrected chi connectivity index (χ4v) is 3.67. The molecule has 0 saturated heterocycles. The molecule has 2 N–H and O–H groups in total. The predicted molar refractivity (Wildman–Crippen MR) is 91.9 cm³/mol. The largest absolute Gasteiger partial charge is 0.488 e. The second kappa shape index (κ2) is 7.27. The molecule has 0 radical (unpaired) electrons. The number of halogens is 3. The van der Waals surface area contributed by atoms with Gasteiger partial charge in [0.1, 0.15) is 12.4 Å². The zero-order chi connectivity index (χ0) is 17.2. The third-order valence-corrected chi connectivity index (χ3v) is 4.66. The molecule has 0 aromatic heterocycles. The maximum atomic E-state index is 13.6. The molecule has 23 heavy (non-hydrogen) atoms. The number of aliphatic hydroxyl groups excluding tert-OH is 1. The Morgan fingerprint density at radius 1 is 1.35 bits per heavy atom. The first-order chi connectivity index (χ1) is 10.7. The van der Waals surface area contributed by atoms with Gasteiger partial charge in [-0.2, -0.15) is 0 Å². The van der Waals surface area contributed by atoms with Crippen LogP contribution in [0.2, 0.25) is 0 Å². The van der Waals surface area contributed by atoms with Gasteiger partial charge in [-0.15, -0.1) is 0 Å². The molecule has 6 heteroatoms. The second-order valence-electron chi connectivity index (χ2n) is 5.70. The third kappa shape index (κ3) is 4.51. The molecule has 0 saturated carbocycles. The number of rotatable bonds is 5. The molecule has 2 rings (SSSR count). The Morgan fingerprint density at radius 3 is 2.57 bits per heavy atom. The zero-order valence-corrected chi connectivity index (χ0v) is 15.0. The van der Waals surface area contributed by atoms with Crippen LogP contribution in [0.1, 0.15) is 31.4 Å². The highest BCUT2D eigenvalue weighted by Crippen LogP contribution is 2.36. The quantitative estimate of drug-likeness (QED) is 0.537. The van der Waals surface area contributed by atoms with Crippen molar-refractivity contribution in [2.24, 2.45) is 5.92 Å². The molecule has 0 bridgehead atoms. The van der Waals surface area contributed by atoms with Crippen LogP contribution < -0.4 is 0 Å². The van der Waals surface area contributed by atoms with Gasteiger partial charge in [-0.3, -0.25) is 0 Å². The van der Waals surface area contributed by atoms with Crippen LogP contribution >= 0.6 is 22.6 Å². The van der Waals surface area contributed by atoms with Gasteiger partial charge in [-0.25, -0.2) is 8.78 Å². The summed E-state index contributed by atoms with van der Waals surface area (Å²) in [5, 5.41) is 18.6. The monoisotopic (exact) mass is 436 g/mol. The van der Waals surface area contributed by atoms with Crippen molar-refractivity contribution in [2.45, 2.75) is 39.1 Å². The molecule has 0 heterocycles. The van der Waals surface area contributed by atoms with Gasteiger partial charge in [-0.05, 0) is 47.1 Å². The van der Waals surface area contributed by atoms with E-state index in [-0.39, 0.29) is 18.1 Å². The Balaban J connectivity index is 2.16. The van der Waals surface area contributed by atoms with E-state index in [0.29, 0.717) is 17.7 Å². The van der Waals surface area contributed by atoms with Gasteiger partial charge >= 0.3 is 0 Å². The van der Waals surface area contributed by atoms with E-state index >= 15 is 0 Å². The summed E-state index contributed by atoms with van der Waals surface area (Å²) >= 11 is 2.09. The Hall–Kier alpha value is -0.990. The van der Waals surface area contributed by atoms with E-state index < -0.39 is 12.2 Å². The van der Waals surface area contributed by atoms with Crippen molar-refractivity contribution in [1.82, 2.24) is 0 Å². The number of aliphatic hydroxyl groups is 2. The zero-order valence-electron chi connectivity index (χ0n) is 12.9. The fourth-order valence-electron chi connectivity index (χ4n) is 2.58. The minimum atomic E-state index is -2.93. The first kappa shape index (κ1) is 18.4. The van der Waals surface area contributed by atoms with E-state index in [0.717, 1.165) is 16.1 Å². The number of allylic oxidation sites excluding steroid dienone is 2. The minimum Gasteiger partial charge on any atom is -0.488 e. The first-order valence-electron chi connectivity index (χ1n) is 7.22. The number of ether oxygens (including phenoxy) is 1. The summed E-state index contributed by atoms with van der Waals surface area (Å²) in [6, 6.07) is 6.31. The lowest BCUT2D eigenvalue weighted by molar-refractivity contribution is -0.0701. The van der Waals surface area contributed by atoms with Crippen molar-refractivity contribution < 1.29 is 23.7 Å². The highest BCUT2D eigenvalue weighted by atomic mass is 127. The Labute approximate surface area is 147 Å². The molecule has 1 aliphatic rings. The Morgan fingerprint density at radius 2 is 2.00 bits per heavy atom. The van der Waals surface area contributed by atoms with Crippen LogP contribution in [0.15, 0.2) is 45.3 Å². The summed E-state index contributed by atoms with van der Waals surface area (Å²) in [7, 11) is 0. The van der Waals surface area contributed by atoms with Crippen LogP contribution in [-0.4, -0.2) is 16.5 Å². The van der Waals surface area contributed by atoms with E-state index in [1.807, 2.05) is 6.92 Å². The number of hydrogen-bond acceptors (Lipinski definition) is 3. The van der Waals surface area contributed by atoms with Crippen molar-refractivity contribution in [2.75, 3.05) is 0 Å². The molecule has 0 spiro atoms. The summed E-state index contributed by atoms with van der Waals surface area (Å²) in [4.78, 5) is 0. The average molecular weight is 436 g/mol. The summed E-state index contributed by atoms with van der Waals surface area (Å²) in [6.07, 6.45) is 0.773. The second-order valence-corrected chi connectivity index (χ2v) is 7.00. The lowest BCUT2D eigenvalue weighted by Gasteiger charge is -2.25. The van der Waals surface area contributed by atoms with Crippen LogP contribution in [0.4, 0.5) is 8.78 Å². The molecular formula is C17H19F2IO3. The van der Waals surface area contributed by atoms with E-state index in [9.17, 15) is 19.0 Å². The van der Waals surface area contributed by atoms with Gasteiger partial charge in [-0.1, -0.05) is 30.3 Å². The number of alkyl halides is 2. The van der Waals surface area contributed by atoms with Crippen molar-refractivity contribution in [1.29, 1.82) is 0 Å². The topological polar surface area (TPSA) is 49.7 Å². The summed E-state index contributed by atoms with van der Waals surface area (Å²) < 4.78 is 33.9. The predicted octanol–water partition coefficient (Wildman–Crippen LogP) is 4.24. The van der Waals surface area contributed by atoms with Gasteiger partial charge in [0, 0.05) is 22.0 Å². The van der Waals surface area contributed by atoms with Gasteiger partial charge in [0.2, 0.25) is 0 Å². The average Bonchev–Trinajstić information content (AvgIpc) is 2.45. The van der Waals surface area contributed by atoms with Crippen LogP contribution in [0.5, 0.6) is 0 Å². The van der Waals surface area contributed by atoms with Crippen molar-refractivity contribution in [3.63, 3.8) is 0 Å². The first-order valence-corrected chi connectivity index (χ1v) is 8.30. The van der Waals surface area contributed by atoms with Crippen LogP contribution in [-0.2, 0) is 17.3 Å². The molecule has 1 aromatic carbocycles. The van der Waals surface area contributed by atoms with Gasteiger partial charge in [0.05, 0.1) is 0 Å². The van der Waals surface area contributed by atoms with E-state index in [4.69, 9.17) is 4.74 Å². The SMILES string of the molecule is CC1=C[C@@H](C(O)O)CC(I)=C1OCc1ccccc1C(C)(F)F. The smallest absolute Gasteiger partial charge is 0.270 e. The van der Waals surface area contributed by atoms with E-state index in [1.165, 1.54) is 6.07 Å². The third-order valence-electron chi connectivity index (χ3n) is 3.73. The van der Waals surface area contributed by atoms with Crippen molar-refractivity contribution in [3.05, 3.63) is 56.4 Å². The lowest BCUT2D eigenvalue weighted by Crippen LogP contribution is -2.21. The van der Waals surface area contributed by atoms with E-state index in [2.05, 4.69) is 22.6 Å². The molecule has 0 unspecified atom stereocenters. The molecule has 1 aromatic rings. The number of hydrogen-bond donors (Lipinski definition) is 2. The highest BCUT2D eigenvalue weighted by Gasteiger charge is 2.28. The summed E-state index contributed by atoms with van der Waals surface area (Å²) in [5.74, 6) is -2.68. The van der Waals surface area contributed by atoms with Gasteiger partial charge in [0.25, 0.3) is 5.92 Å². The molecule has 0 aliphatic heterocycles. The molecule has 1 aliphatic carbocycles. The molecular weight excluding hydrogens is 417 g/mol. The minimum absolute atomic E-state index is 0.0406. The van der Waals surface area contributed by atoms with Gasteiger partial charge < -0.3 is 14.9 Å². The number of benzene rings is 1. The standard InChI is InChI=1S/C17H19F2IO3/c1-10-7-12(16(21)22)8-14(20)15(10)23-9-11-5-3-4-6-13(11)17(2,18)19/h3-7,12,16,21-22H,8-9H2,1-2H3/t12-/m1/s1. The Bertz CT molecular complexity index is 633. The molecule has 3 nitrogen and oxygen atoms in total. The highest BCUT2D eigenvalue weighted by molar-refractivity contribution is 14.1. The lowest BCUT2D eigenvalue weighted by atomic mass is 9.95. The van der Waals surface area contributed by atoms with Gasteiger partial charge in [0.15, 0.2) is 6.29 Å².